The van der Waals surface area contributed by atoms with E-state index < -0.39 is 17.6 Å². The van der Waals surface area contributed by atoms with Crippen LogP contribution in [-0.2, 0) is 6.18 Å². The summed E-state index contributed by atoms with van der Waals surface area (Å²) in [5.41, 5.74) is 6.95. The standard InChI is InChI=1S/C25H22F3N5OS/c1-14-4-2-3-5-19(14)32-24-33-20-7-6-16(12-22(20)35-24)34-17-8-9-30-21(11-17)15-10-18(25(26,27)28)23(29)31-13-15/h6-13,19H,1-5H2,(H2,29,31)(H,32,33)/t19-/m1/s1. The first-order chi connectivity index (χ1) is 16.8. The van der Waals surface area contributed by atoms with Crippen molar-refractivity contribution in [3.05, 3.63) is 66.5 Å². The van der Waals surface area contributed by atoms with Crippen molar-refractivity contribution in [2.45, 2.75) is 37.9 Å². The van der Waals surface area contributed by atoms with Crippen LogP contribution in [0.2, 0.25) is 0 Å². The van der Waals surface area contributed by atoms with Crippen molar-refractivity contribution in [2.24, 2.45) is 0 Å². The van der Waals surface area contributed by atoms with E-state index in [0.717, 1.165) is 34.3 Å². The number of halogens is 3. The number of rotatable bonds is 5. The molecule has 6 nitrogen and oxygen atoms in total. The van der Waals surface area contributed by atoms with Crippen LogP contribution >= 0.6 is 11.3 Å². The maximum absolute atomic E-state index is 13.2. The van der Waals surface area contributed by atoms with Gasteiger partial charge in [0.05, 0.1) is 21.5 Å². The summed E-state index contributed by atoms with van der Waals surface area (Å²) in [6.45, 7) is 4.18. The van der Waals surface area contributed by atoms with Gasteiger partial charge in [0, 0.05) is 36.1 Å². The summed E-state index contributed by atoms with van der Waals surface area (Å²) in [5, 5.41) is 4.34. The predicted molar refractivity (Wildman–Crippen MR) is 132 cm³/mol. The first kappa shape index (κ1) is 23.1. The van der Waals surface area contributed by atoms with Crippen LogP contribution in [0, 0.1) is 0 Å². The molecule has 1 aliphatic rings. The van der Waals surface area contributed by atoms with Crippen molar-refractivity contribution in [1.82, 2.24) is 15.0 Å². The topological polar surface area (TPSA) is 86.0 Å². The minimum absolute atomic E-state index is 0.190. The van der Waals surface area contributed by atoms with Crippen LogP contribution in [0.5, 0.6) is 11.5 Å². The molecule has 0 radical (unpaired) electrons. The van der Waals surface area contributed by atoms with Crippen molar-refractivity contribution in [3.63, 3.8) is 0 Å². The fourth-order valence-corrected chi connectivity index (χ4v) is 4.99. The molecule has 3 aromatic heterocycles. The van der Waals surface area contributed by atoms with Gasteiger partial charge in [0.2, 0.25) is 0 Å². The van der Waals surface area contributed by atoms with Crippen molar-refractivity contribution in [2.75, 3.05) is 11.1 Å². The quantitative estimate of drug-likeness (QED) is 0.287. The number of anilines is 2. The number of nitrogens with one attached hydrogen (secondary N) is 1. The number of aromatic nitrogens is 3. The van der Waals surface area contributed by atoms with Gasteiger partial charge in [-0.05, 0) is 43.5 Å². The summed E-state index contributed by atoms with van der Waals surface area (Å²) in [7, 11) is 0. The Bertz CT molecular complexity index is 1400. The van der Waals surface area contributed by atoms with Crippen molar-refractivity contribution < 1.29 is 17.9 Å². The van der Waals surface area contributed by atoms with E-state index >= 15 is 0 Å². The Morgan fingerprint density at radius 2 is 1.91 bits per heavy atom. The van der Waals surface area contributed by atoms with Crippen LogP contribution in [-0.4, -0.2) is 21.0 Å². The van der Waals surface area contributed by atoms with Crippen LogP contribution in [0.1, 0.15) is 31.2 Å². The lowest BCUT2D eigenvalue weighted by Crippen LogP contribution is -2.24. The van der Waals surface area contributed by atoms with E-state index in [2.05, 4.69) is 26.8 Å². The van der Waals surface area contributed by atoms with Crippen LogP contribution in [0.15, 0.2) is 60.9 Å². The smallest absolute Gasteiger partial charge is 0.419 e. The van der Waals surface area contributed by atoms with Gasteiger partial charge in [-0.25, -0.2) is 9.97 Å². The number of hydrogen-bond donors (Lipinski definition) is 2. The highest BCUT2D eigenvalue weighted by atomic mass is 32.1. The predicted octanol–water partition coefficient (Wildman–Crippen LogP) is 7.06. The van der Waals surface area contributed by atoms with Gasteiger partial charge in [-0.2, -0.15) is 13.2 Å². The third-order valence-corrected chi connectivity index (χ3v) is 6.83. The molecule has 1 aromatic carbocycles. The SMILES string of the molecule is C=C1CCCC[C@H]1Nc1nc2ccc(Oc3ccnc(-c4cnc(N)c(C(F)(F)F)c4)c3)cc2s1. The lowest BCUT2D eigenvalue weighted by molar-refractivity contribution is -0.137. The lowest BCUT2D eigenvalue weighted by atomic mass is 9.91. The van der Waals surface area contributed by atoms with Gasteiger partial charge in [0.1, 0.15) is 17.3 Å². The molecule has 1 aliphatic carbocycles. The third kappa shape index (κ3) is 5.07. The lowest BCUT2D eigenvalue weighted by Gasteiger charge is -2.25. The van der Waals surface area contributed by atoms with E-state index in [1.54, 1.807) is 29.5 Å². The van der Waals surface area contributed by atoms with Crippen molar-refractivity contribution >= 4 is 32.5 Å². The average molecular weight is 498 g/mol. The summed E-state index contributed by atoms with van der Waals surface area (Å²) in [6, 6.07) is 9.95. The highest BCUT2D eigenvalue weighted by Crippen LogP contribution is 2.36. The highest BCUT2D eigenvalue weighted by Gasteiger charge is 2.34. The average Bonchev–Trinajstić information content (AvgIpc) is 3.22. The Morgan fingerprint density at radius 3 is 2.71 bits per heavy atom. The Kier molecular flexibility index (Phi) is 6.06. The molecule has 5 rings (SSSR count). The van der Waals surface area contributed by atoms with Crippen molar-refractivity contribution in [3.8, 4) is 22.8 Å². The maximum atomic E-state index is 13.2. The normalized spacial score (nSPS) is 16.4. The number of nitrogen functional groups attached to an aromatic ring is 1. The molecule has 3 N–H and O–H groups in total. The number of alkyl halides is 3. The van der Waals surface area contributed by atoms with Crippen LogP contribution < -0.4 is 15.8 Å². The molecule has 35 heavy (non-hydrogen) atoms. The highest BCUT2D eigenvalue weighted by molar-refractivity contribution is 7.22. The number of fused-ring (bicyclic) bond motifs is 1. The molecule has 1 saturated carbocycles. The summed E-state index contributed by atoms with van der Waals surface area (Å²) in [4.78, 5) is 12.5. The molecule has 4 aromatic rings. The first-order valence-corrected chi connectivity index (χ1v) is 11.9. The molecule has 1 atom stereocenters. The van der Waals surface area contributed by atoms with Gasteiger partial charge < -0.3 is 15.8 Å². The Labute approximate surface area is 203 Å². The number of benzene rings is 1. The fourth-order valence-electron chi connectivity index (χ4n) is 4.04. The number of ether oxygens (including phenoxy) is 1. The largest absolute Gasteiger partial charge is 0.457 e. The van der Waals surface area contributed by atoms with Gasteiger partial charge in [-0.1, -0.05) is 29.9 Å². The molecule has 0 amide bonds. The summed E-state index contributed by atoms with van der Waals surface area (Å²) >= 11 is 1.54. The number of nitrogens with two attached hydrogens (primary N) is 1. The third-order valence-electron chi connectivity index (χ3n) is 5.88. The molecule has 3 heterocycles. The van der Waals surface area contributed by atoms with Crippen molar-refractivity contribution in [1.29, 1.82) is 0 Å². The van der Waals surface area contributed by atoms with Gasteiger partial charge in [0.25, 0.3) is 0 Å². The second-order valence-electron chi connectivity index (χ2n) is 8.38. The molecule has 0 aliphatic heterocycles. The zero-order valence-electron chi connectivity index (χ0n) is 18.6. The number of pyridine rings is 2. The minimum Gasteiger partial charge on any atom is -0.457 e. The number of hydrogen-bond acceptors (Lipinski definition) is 7. The van der Waals surface area contributed by atoms with E-state index in [-0.39, 0.29) is 11.6 Å². The second kappa shape index (κ2) is 9.18. The molecular weight excluding hydrogens is 475 g/mol. The number of thiazole rings is 1. The van der Waals surface area contributed by atoms with E-state index in [0.29, 0.717) is 17.2 Å². The summed E-state index contributed by atoms with van der Waals surface area (Å²) in [6.07, 6.45) is 2.58. The molecule has 10 heteroatoms. The molecule has 0 saturated heterocycles. The van der Waals surface area contributed by atoms with E-state index in [1.165, 1.54) is 30.8 Å². The maximum Gasteiger partial charge on any atom is 0.419 e. The zero-order chi connectivity index (χ0) is 24.6. The molecule has 180 valence electrons. The molecule has 0 spiro atoms. The molecule has 0 bridgehead atoms. The molecule has 1 fully saturated rings. The van der Waals surface area contributed by atoms with Crippen LogP contribution in [0.25, 0.3) is 21.5 Å². The van der Waals surface area contributed by atoms with Crippen LogP contribution in [0.4, 0.5) is 24.1 Å². The zero-order valence-corrected chi connectivity index (χ0v) is 19.4. The minimum atomic E-state index is -4.61. The molecular formula is C25H22F3N5OS. The van der Waals surface area contributed by atoms with Crippen LogP contribution in [0.3, 0.4) is 0 Å². The number of nitrogens with zero attached hydrogens (tertiary/aromatic N) is 3. The van der Waals surface area contributed by atoms with Gasteiger partial charge >= 0.3 is 6.18 Å². The van der Waals surface area contributed by atoms with Gasteiger partial charge in [-0.15, -0.1) is 0 Å². The van der Waals surface area contributed by atoms with Gasteiger partial charge in [-0.3, -0.25) is 4.98 Å². The van der Waals surface area contributed by atoms with E-state index in [9.17, 15) is 13.2 Å². The monoisotopic (exact) mass is 497 g/mol. The van der Waals surface area contributed by atoms with Gasteiger partial charge in [0.15, 0.2) is 5.13 Å². The first-order valence-electron chi connectivity index (χ1n) is 11.1. The van der Waals surface area contributed by atoms with E-state index in [4.69, 9.17) is 10.5 Å². The fraction of sp³-hybridized carbons (Fsp3) is 0.240. The second-order valence-corrected chi connectivity index (χ2v) is 9.41. The Hall–Kier alpha value is -3.66. The Morgan fingerprint density at radius 1 is 1.09 bits per heavy atom. The Balaban J connectivity index is 1.36. The molecule has 0 unspecified atom stereocenters. The van der Waals surface area contributed by atoms with E-state index in [1.807, 2.05) is 12.1 Å². The summed E-state index contributed by atoms with van der Waals surface area (Å²) < 4.78 is 46.6. The summed E-state index contributed by atoms with van der Waals surface area (Å²) in [5.74, 6) is 0.438.